The molecule has 1 aromatic heterocycles. The Kier molecular flexibility index (Phi) is 2.74. The molecule has 0 aliphatic heterocycles. The van der Waals surface area contributed by atoms with E-state index in [4.69, 9.17) is 0 Å². The molecule has 0 atom stereocenters. The highest BCUT2D eigenvalue weighted by Crippen LogP contribution is 2.21. The molecule has 0 aliphatic carbocycles. The summed E-state index contributed by atoms with van der Waals surface area (Å²) in [5.74, 6) is 0. The number of rotatable bonds is 3. The van der Waals surface area contributed by atoms with Crippen LogP contribution >= 0.6 is 0 Å². The maximum absolute atomic E-state index is 10.9. The molecule has 0 bridgehead atoms. The van der Waals surface area contributed by atoms with Gasteiger partial charge in [-0.3, -0.25) is 14.7 Å². The lowest BCUT2D eigenvalue weighted by Gasteiger charge is -2.15. The van der Waals surface area contributed by atoms with Crippen molar-refractivity contribution in [2.45, 2.75) is 0 Å². The molecule has 1 heterocycles. The normalized spacial score (nSPS) is 9.60. The first-order chi connectivity index (χ1) is 7.42. The number of pyridine rings is 1. The third-order valence-corrected chi connectivity index (χ3v) is 2.01. The summed E-state index contributed by atoms with van der Waals surface area (Å²) in [6.45, 7) is 0. The van der Waals surface area contributed by atoms with E-state index in [2.05, 4.69) is 4.98 Å². The lowest BCUT2D eigenvalue weighted by Crippen LogP contribution is -2.13. The molecule has 0 fully saturated rings. The highest BCUT2D eigenvalue weighted by Gasteiger charge is 2.07. The SMILES string of the molecule is O=[C]N(c1ccccc1)c1cccnc1. The molecule has 1 aromatic carbocycles. The molecule has 0 N–H and O–H groups in total. The Morgan fingerprint density at radius 2 is 1.73 bits per heavy atom. The quantitative estimate of drug-likeness (QED) is 0.707. The zero-order valence-electron chi connectivity index (χ0n) is 8.00. The van der Waals surface area contributed by atoms with Crippen LogP contribution in [0.3, 0.4) is 0 Å². The first-order valence-corrected chi connectivity index (χ1v) is 4.55. The number of hydrogen-bond donors (Lipinski definition) is 0. The summed E-state index contributed by atoms with van der Waals surface area (Å²) in [7, 11) is 0. The number of para-hydroxylation sites is 1. The summed E-state index contributed by atoms with van der Waals surface area (Å²) >= 11 is 0. The summed E-state index contributed by atoms with van der Waals surface area (Å²) in [5.41, 5.74) is 1.49. The lowest BCUT2D eigenvalue weighted by atomic mass is 10.3. The average molecular weight is 197 g/mol. The van der Waals surface area contributed by atoms with E-state index in [1.54, 1.807) is 18.5 Å². The minimum atomic E-state index is 0.707. The van der Waals surface area contributed by atoms with Crippen molar-refractivity contribution in [2.75, 3.05) is 4.90 Å². The molecule has 0 spiro atoms. The van der Waals surface area contributed by atoms with Gasteiger partial charge < -0.3 is 0 Å². The molecule has 2 rings (SSSR count). The predicted octanol–water partition coefficient (Wildman–Crippen LogP) is 2.29. The van der Waals surface area contributed by atoms with Gasteiger partial charge in [0.15, 0.2) is 0 Å². The molecule has 0 aliphatic rings. The molecule has 73 valence electrons. The summed E-state index contributed by atoms with van der Waals surface area (Å²) < 4.78 is 0. The first-order valence-electron chi connectivity index (χ1n) is 4.55. The third kappa shape index (κ3) is 2.02. The standard InChI is InChI=1S/C12H9N2O/c15-10-14(11-5-2-1-3-6-11)12-7-4-8-13-9-12/h1-9H. The third-order valence-electron chi connectivity index (χ3n) is 2.01. The van der Waals surface area contributed by atoms with Gasteiger partial charge in [-0.1, -0.05) is 18.2 Å². The Morgan fingerprint density at radius 1 is 1.00 bits per heavy atom. The smallest absolute Gasteiger partial charge is 0.271 e. The van der Waals surface area contributed by atoms with Crippen molar-refractivity contribution in [3.63, 3.8) is 0 Å². The van der Waals surface area contributed by atoms with Crippen LogP contribution in [0.1, 0.15) is 0 Å². The van der Waals surface area contributed by atoms with Crippen LogP contribution in [0.25, 0.3) is 0 Å². The number of hydrogen-bond acceptors (Lipinski definition) is 2. The lowest BCUT2D eigenvalue weighted by molar-refractivity contribution is 0.556. The van der Waals surface area contributed by atoms with E-state index in [1.807, 2.05) is 42.8 Å². The highest BCUT2D eigenvalue weighted by atomic mass is 16.1. The minimum absolute atomic E-state index is 0.707. The fourth-order valence-electron chi connectivity index (χ4n) is 1.32. The van der Waals surface area contributed by atoms with Crippen LogP contribution in [-0.2, 0) is 4.79 Å². The van der Waals surface area contributed by atoms with Crippen molar-refractivity contribution in [3.05, 3.63) is 54.9 Å². The van der Waals surface area contributed by atoms with Crippen molar-refractivity contribution >= 4 is 17.8 Å². The second kappa shape index (κ2) is 4.37. The van der Waals surface area contributed by atoms with Gasteiger partial charge in [0.25, 0.3) is 0 Å². The number of amides is 1. The first kappa shape index (κ1) is 9.40. The zero-order chi connectivity index (χ0) is 10.5. The van der Waals surface area contributed by atoms with E-state index in [0.29, 0.717) is 5.69 Å². The van der Waals surface area contributed by atoms with Gasteiger partial charge in [0, 0.05) is 11.9 Å². The molecular weight excluding hydrogens is 188 g/mol. The highest BCUT2D eigenvalue weighted by molar-refractivity contribution is 5.86. The largest absolute Gasteiger partial charge is 0.321 e. The Hall–Kier alpha value is -2.16. The number of nitrogens with zero attached hydrogens (tertiary/aromatic N) is 2. The van der Waals surface area contributed by atoms with Crippen LogP contribution in [0.4, 0.5) is 11.4 Å². The van der Waals surface area contributed by atoms with Crippen molar-refractivity contribution in [1.82, 2.24) is 4.98 Å². The molecule has 0 saturated heterocycles. The Morgan fingerprint density at radius 3 is 2.33 bits per heavy atom. The molecule has 3 heteroatoms. The maximum atomic E-state index is 10.9. The Bertz CT molecular complexity index is 388. The van der Waals surface area contributed by atoms with Gasteiger partial charge in [-0.2, -0.15) is 0 Å². The average Bonchev–Trinajstić information content (AvgIpc) is 2.33. The zero-order valence-corrected chi connectivity index (χ0v) is 8.00. The van der Waals surface area contributed by atoms with Gasteiger partial charge >= 0.3 is 6.41 Å². The predicted molar refractivity (Wildman–Crippen MR) is 58.5 cm³/mol. The van der Waals surface area contributed by atoms with E-state index in [-0.39, 0.29) is 0 Å². The Labute approximate surface area is 88.0 Å². The molecule has 1 amide bonds. The van der Waals surface area contributed by atoms with Gasteiger partial charge in [0.2, 0.25) is 0 Å². The maximum Gasteiger partial charge on any atom is 0.321 e. The van der Waals surface area contributed by atoms with Crippen LogP contribution in [0.5, 0.6) is 0 Å². The van der Waals surface area contributed by atoms with E-state index >= 15 is 0 Å². The molecular formula is C12H9N2O. The summed E-state index contributed by atoms with van der Waals surface area (Å²) in [4.78, 5) is 16.3. The molecule has 1 radical (unpaired) electrons. The molecule has 2 aromatic rings. The molecule has 0 unspecified atom stereocenters. The van der Waals surface area contributed by atoms with Crippen LogP contribution < -0.4 is 4.90 Å². The fraction of sp³-hybridized carbons (Fsp3) is 0. The molecule has 0 saturated carbocycles. The molecule has 15 heavy (non-hydrogen) atoms. The number of anilines is 2. The van der Waals surface area contributed by atoms with Gasteiger partial charge in [-0.15, -0.1) is 0 Å². The van der Waals surface area contributed by atoms with Crippen molar-refractivity contribution in [2.24, 2.45) is 0 Å². The van der Waals surface area contributed by atoms with Crippen LogP contribution in [-0.4, -0.2) is 11.4 Å². The second-order valence-corrected chi connectivity index (χ2v) is 2.97. The van der Waals surface area contributed by atoms with Crippen LogP contribution in [0.15, 0.2) is 54.9 Å². The number of carbonyl (C=O) groups excluding carboxylic acids is 1. The van der Waals surface area contributed by atoms with Crippen molar-refractivity contribution in [3.8, 4) is 0 Å². The minimum Gasteiger partial charge on any atom is -0.271 e. The van der Waals surface area contributed by atoms with E-state index in [1.165, 1.54) is 4.90 Å². The Balaban J connectivity index is 2.38. The van der Waals surface area contributed by atoms with Crippen LogP contribution in [0.2, 0.25) is 0 Å². The fourth-order valence-corrected chi connectivity index (χ4v) is 1.32. The van der Waals surface area contributed by atoms with E-state index in [0.717, 1.165) is 5.69 Å². The summed E-state index contributed by atoms with van der Waals surface area (Å²) in [6, 6.07) is 12.9. The number of benzene rings is 1. The van der Waals surface area contributed by atoms with Crippen molar-refractivity contribution < 1.29 is 4.79 Å². The second-order valence-electron chi connectivity index (χ2n) is 2.97. The van der Waals surface area contributed by atoms with Gasteiger partial charge in [0.05, 0.1) is 11.9 Å². The molecule has 3 nitrogen and oxygen atoms in total. The van der Waals surface area contributed by atoms with Gasteiger partial charge in [-0.05, 0) is 24.3 Å². The summed E-state index contributed by atoms with van der Waals surface area (Å²) in [6.07, 6.45) is 5.17. The van der Waals surface area contributed by atoms with Gasteiger partial charge in [-0.25, -0.2) is 0 Å². The van der Waals surface area contributed by atoms with E-state index < -0.39 is 0 Å². The number of aromatic nitrogens is 1. The summed E-state index contributed by atoms with van der Waals surface area (Å²) in [5, 5.41) is 0. The monoisotopic (exact) mass is 197 g/mol. The van der Waals surface area contributed by atoms with Crippen LogP contribution in [0, 0.1) is 0 Å². The van der Waals surface area contributed by atoms with Gasteiger partial charge in [0.1, 0.15) is 0 Å². The van der Waals surface area contributed by atoms with E-state index in [9.17, 15) is 4.79 Å². The van der Waals surface area contributed by atoms with Crippen molar-refractivity contribution in [1.29, 1.82) is 0 Å². The topological polar surface area (TPSA) is 33.2 Å².